The number of rotatable bonds is 9. The van der Waals surface area contributed by atoms with E-state index in [1.807, 2.05) is 78.9 Å². The van der Waals surface area contributed by atoms with Crippen LogP contribution in [0.1, 0.15) is 33.1 Å². The molecule has 208 valence electrons. The molecular formula is C34H28N4O4. The molecule has 8 heteroatoms. The van der Waals surface area contributed by atoms with Gasteiger partial charge in [-0.05, 0) is 64.2 Å². The summed E-state index contributed by atoms with van der Waals surface area (Å²) in [6.45, 7) is 0.726. The van der Waals surface area contributed by atoms with Crippen molar-refractivity contribution in [3.05, 3.63) is 138 Å². The zero-order chi connectivity index (χ0) is 28.9. The van der Waals surface area contributed by atoms with Crippen molar-refractivity contribution in [2.45, 2.75) is 25.6 Å². The Balaban J connectivity index is 1.12. The summed E-state index contributed by atoms with van der Waals surface area (Å²) in [5.74, 6) is -0.122. The van der Waals surface area contributed by atoms with Crippen LogP contribution in [0.25, 0.3) is 11.1 Å². The van der Waals surface area contributed by atoms with Crippen LogP contribution in [0.3, 0.4) is 0 Å². The molecule has 1 amide bonds. The van der Waals surface area contributed by atoms with Gasteiger partial charge in [0.2, 0.25) is 0 Å². The van der Waals surface area contributed by atoms with Crippen LogP contribution in [-0.2, 0) is 29.1 Å². The normalized spacial score (nSPS) is 13.8. The average Bonchev–Trinajstić information content (AvgIpc) is 3.68. The third-order valence-electron chi connectivity index (χ3n) is 7.17. The molecule has 2 heterocycles. The Bertz CT molecular complexity index is 1730. The molecule has 1 atom stereocenters. The van der Waals surface area contributed by atoms with E-state index < -0.39 is 6.04 Å². The van der Waals surface area contributed by atoms with Gasteiger partial charge in [0, 0.05) is 30.2 Å². The fourth-order valence-corrected chi connectivity index (χ4v) is 5.14. The average molecular weight is 557 g/mol. The molecule has 1 unspecified atom stereocenters. The van der Waals surface area contributed by atoms with Gasteiger partial charge in [-0.15, -0.1) is 0 Å². The fourth-order valence-electron chi connectivity index (χ4n) is 5.14. The van der Waals surface area contributed by atoms with E-state index in [1.54, 1.807) is 41.3 Å². The Morgan fingerprint density at radius 2 is 1.69 bits per heavy atom. The van der Waals surface area contributed by atoms with E-state index in [2.05, 4.69) is 15.7 Å². The molecule has 0 bridgehead atoms. The molecule has 1 aromatic heterocycles. The fraction of sp³-hybridized carbons (Fsp3) is 0.118. The summed E-state index contributed by atoms with van der Waals surface area (Å²) in [6, 6.07) is 30.9. The van der Waals surface area contributed by atoms with Gasteiger partial charge >= 0.3 is 5.97 Å². The number of ether oxygens (including phenoxy) is 1. The molecule has 0 fully saturated rings. The number of amides is 1. The number of Topliss-reactive ketones (excluding diaryl/α,β-unsaturated/α-hetero) is 1. The highest BCUT2D eigenvalue weighted by Crippen LogP contribution is 2.30. The summed E-state index contributed by atoms with van der Waals surface area (Å²) in [7, 11) is 0. The van der Waals surface area contributed by atoms with E-state index in [1.165, 1.54) is 0 Å². The molecule has 0 aliphatic carbocycles. The van der Waals surface area contributed by atoms with Crippen LogP contribution < -0.4 is 15.4 Å². The van der Waals surface area contributed by atoms with Crippen LogP contribution in [-0.4, -0.2) is 27.4 Å². The molecule has 8 nitrogen and oxygen atoms in total. The van der Waals surface area contributed by atoms with Gasteiger partial charge < -0.3 is 10.1 Å². The van der Waals surface area contributed by atoms with Gasteiger partial charge in [-0.3, -0.25) is 24.4 Å². The maximum atomic E-state index is 13.4. The summed E-state index contributed by atoms with van der Waals surface area (Å²) in [5, 5.41) is 10.4. The molecular weight excluding hydrogens is 528 g/mol. The minimum absolute atomic E-state index is 0.0279. The molecule has 0 saturated heterocycles. The summed E-state index contributed by atoms with van der Waals surface area (Å²) < 4.78 is 7.11. The number of carbonyl (C=O) groups excluding carboxylic acids is 3. The lowest BCUT2D eigenvalue weighted by Gasteiger charge is -2.13. The second-order valence-electron chi connectivity index (χ2n) is 10.1. The molecule has 5 aromatic rings. The first-order chi connectivity index (χ1) is 20.5. The van der Waals surface area contributed by atoms with E-state index >= 15 is 0 Å². The van der Waals surface area contributed by atoms with Crippen molar-refractivity contribution in [3.8, 4) is 16.9 Å². The van der Waals surface area contributed by atoms with Crippen LogP contribution in [0.2, 0.25) is 0 Å². The van der Waals surface area contributed by atoms with Crippen LogP contribution in [0.15, 0.2) is 116 Å². The number of nitrogens with zero attached hydrogens (tertiary/aromatic N) is 2. The number of benzene rings is 4. The Hall–Kier alpha value is -5.34. The van der Waals surface area contributed by atoms with Gasteiger partial charge in [0.15, 0.2) is 5.78 Å². The topological polar surface area (TPSA) is 102 Å². The predicted octanol–water partition coefficient (Wildman–Crippen LogP) is 5.36. The van der Waals surface area contributed by atoms with Crippen molar-refractivity contribution in [1.82, 2.24) is 15.1 Å². The van der Waals surface area contributed by atoms with Crippen molar-refractivity contribution >= 4 is 23.3 Å². The summed E-state index contributed by atoms with van der Waals surface area (Å²) >= 11 is 0. The van der Waals surface area contributed by atoms with Crippen molar-refractivity contribution < 1.29 is 19.1 Å². The zero-order valence-electron chi connectivity index (χ0n) is 22.7. The molecule has 1 aliphatic rings. The number of esters is 1. The van der Waals surface area contributed by atoms with Gasteiger partial charge in [-0.25, -0.2) is 0 Å². The predicted molar refractivity (Wildman–Crippen MR) is 159 cm³/mol. The summed E-state index contributed by atoms with van der Waals surface area (Å²) in [6.07, 6.45) is 3.60. The van der Waals surface area contributed by atoms with E-state index in [-0.39, 0.29) is 30.6 Å². The van der Waals surface area contributed by atoms with E-state index in [0.29, 0.717) is 23.5 Å². The molecule has 0 spiro atoms. The van der Waals surface area contributed by atoms with E-state index in [9.17, 15) is 14.4 Å². The quantitative estimate of drug-likeness (QED) is 0.187. The lowest BCUT2D eigenvalue weighted by molar-refractivity contribution is -0.133. The largest absolute Gasteiger partial charge is 0.426 e. The van der Waals surface area contributed by atoms with Crippen molar-refractivity contribution in [3.63, 3.8) is 0 Å². The van der Waals surface area contributed by atoms with Crippen LogP contribution >= 0.6 is 0 Å². The van der Waals surface area contributed by atoms with Gasteiger partial charge in [0.25, 0.3) is 5.91 Å². The number of aromatic nitrogens is 2. The molecule has 2 N–H and O–H groups in total. The van der Waals surface area contributed by atoms with E-state index in [4.69, 9.17) is 4.74 Å². The highest BCUT2D eigenvalue weighted by Gasteiger charge is 2.28. The second kappa shape index (κ2) is 12.0. The summed E-state index contributed by atoms with van der Waals surface area (Å²) in [4.78, 5) is 38.6. The molecule has 4 aromatic carbocycles. The van der Waals surface area contributed by atoms with Crippen molar-refractivity contribution in [2.24, 2.45) is 0 Å². The number of ketones is 1. The van der Waals surface area contributed by atoms with Crippen molar-refractivity contribution in [1.29, 1.82) is 0 Å². The standard InChI is InChI=1S/C34H28N4O4/c39-31(22-38-18-6-17-36-38)33-29-16-13-26(20-25(29)21-35-33)37-34(41)30-10-5-4-9-28(30)24-11-14-27(15-12-24)42-32(40)19-23-7-2-1-3-8-23/h1-18,20,33,35H,19,21-22H2,(H,37,41). The molecule has 1 aliphatic heterocycles. The molecule has 6 rings (SSSR count). The maximum absolute atomic E-state index is 13.4. The third-order valence-corrected chi connectivity index (χ3v) is 7.17. The number of anilines is 1. The Morgan fingerprint density at radius 3 is 2.48 bits per heavy atom. The van der Waals surface area contributed by atoms with Gasteiger partial charge in [-0.1, -0.05) is 66.7 Å². The number of nitrogens with one attached hydrogen (secondary N) is 2. The number of carbonyl (C=O) groups is 3. The Morgan fingerprint density at radius 1 is 0.905 bits per heavy atom. The van der Waals surface area contributed by atoms with Gasteiger partial charge in [-0.2, -0.15) is 5.10 Å². The number of fused-ring (bicyclic) bond motifs is 1. The first kappa shape index (κ1) is 26.9. The first-order valence-corrected chi connectivity index (χ1v) is 13.7. The highest BCUT2D eigenvalue weighted by molar-refractivity contribution is 6.08. The third kappa shape index (κ3) is 6.04. The van der Waals surface area contributed by atoms with E-state index in [0.717, 1.165) is 27.8 Å². The second-order valence-corrected chi connectivity index (χ2v) is 10.1. The van der Waals surface area contributed by atoms with Crippen molar-refractivity contribution in [2.75, 3.05) is 5.32 Å². The Labute approximate surface area is 243 Å². The zero-order valence-corrected chi connectivity index (χ0v) is 22.7. The first-order valence-electron chi connectivity index (χ1n) is 13.7. The maximum Gasteiger partial charge on any atom is 0.315 e. The van der Waals surface area contributed by atoms with Crippen LogP contribution in [0, 0.1) is 0 Å². The number of hydrogen-bond acceptors (Lipinski definition) is 6. The molecule has 0 radical (unpaired) electrons. The SMILES string of the molecule is O=C(Cc1ccccc1)Oc1ccc(-c2ccccc2C(=O)Nc2ccc3c(c2)CNC3C(=O)Cn2cccn2)cc1. The Kier molecular flexibility index (Phi) is 7.70. The molecule has 42 heavy (non-hydrogen) atoms. The minimum atomic E-state index is -0.407. The smallest absolute Gasteiger partial charge is 0.315 e. The highest BCUT2D eigenvalue weighted by atomic mass is 16.5. The number of hydrogen-bond donors (Lipinski definition) is 2. The monoisotopic (exact) mass is 556 g/mol. The summed E-state index contributed by atoms with van der Waals surface area (Å²) in [5.41, 5.74) is 5.50. The lowest BCUT2D eigenvalue weighted by atomic mass is 9.98. The van der Waals surface area contributed by atoms with Crippen LogP contribution in [0.4, 0.5) is 5.69 Å². The molecule has 0 saturated carbocycles. The minimum Gasteiger partial charge on any atom is -0.426 e. The lowest BCUT2D eigenvalue weighted by Crippen LogP contribution is -2.25. The van der Waals surface area contributed by atoms with Crippen LogP contribution in [0.5, 0.6) is 5.75 Å². The van der Waals surface area contributed by atoms with Gasteiger partial charge in [0.05, 0.1) is 12.5 Å². The van der Waals surface area contributed by atoms with Gasteiger partial charge in [0.1, 0.15) is 12.3 Å².